The molecule has 3 aliphatic rings. The third kappa shape index (κ3) is 10.0. The largest absolute Gasteiger partial charge is 0.459 e. The lowest BCUT2D eigenvalue weighted by Gasteiger charge is -2.48. The van der Waals surface area contributed by atoms with Gasteiger partial charge in [-0.3, -0.25) is 4.79 Å². The Bertz CT molecular complexity index is 1140. The van der Waals surface area contributed by atoms with Crippen LogP contribution < -0.4 is 0 Å². The van der Waals surface area contributed by atoms with Gasteiger partial charge in [0.1, 0.15) is 30.0 Å². The standard InChI is InChI=1S/C38H72N2O12/c1-15-27-38(10,46)31(42)24(6)40(13)19-20(2)17-36(8,45)33(52-35-29(41)26(39(11)12)16-21(3)48-35)22(4)30(23(5)34(44)50-27)51-28-18-37(9,47-14)32(43)25(7)49-28/h20-33,35,41-43,45-46H,15-19H2,1-14H3/t20-,21-,22+,23+,24-,25+,26+,27-,28+,29-,30-,31+,32+,33-,35+,36-,37-,38+/m0/s1. The fourth-order valence-corrected chi connectivity index (χ4v) is 8.74. The van der Waals surface area contributed by atoms with Crippen molar-refractivity contribution in [3.63, 3.8) is 0 Å². The molecule has 0 aromatic carbocycles. The Kier molecular flexibility index (Phi) is 15.6. The van der Waals surface area contributed by atoms with Crippen LogP contribution >= 0.6 is 0 Å². The maximum atomic E-state index is 14.2. The van der Waals surface area contributed by atoms with E-state index >= 15 is 0 Å². The molecule has 52 heavy (non-hydrogen) atoms. The number of ether oxygens (including phenoxy) is 6. The summed E-state index contributed by atoms with van der Waals surface area (Å²) in [7, 11) is 7.12. The van der Waals surface area contributed by atoms with Crippen LogP contribution in [0.5, 0.6) is 0 Å². The van der Waals surface area contributed by atoms with Crippen molar-refractivity contribution in [2.45, 2.75) is 185 Å². The Labute approximate surface area is 312 Å². The zero-order valence-corrected chi connectivity index (χ0v) is 34.2. The summed E-state index contributed by atoms with van der Waals surface area (Å²) in [6, 6.07) is -0.808. The van der Waals surface area contributed by atoms with Gasteiger partial charge in [-0.2, -0.15) is 0 Å². The average Bonchev–Trinajstić information content (AvgIpc) is 3.05. The summed E-state index contributed by atoms with van der Waals surface area (Å²) in [5, 5.41) is 58.1. The number of methoxy groups -OCH3 is 1. The van der Waals surface area contributed by atoms with Crippen LogP contribution in [0.15, 0.2) is 0 Å². The van der Waals surface area contributed by atoms with Crippen molar-refractivity contribution < 1.29 is 58.7 Å². The lowest BCUT2D eigenvalue weighted by molar-refractivity contribution is -0.318. The van der Waals surface area contributed by atoms with E-state index in [-0.39, 0.29) is 37.3 Å². The fourth-order valence-electron chi connectivity index (χ4n) is 8.74. The predicted octanol–water partition coefficient (Wildman–Crippen LogP) is 1.90. The van der Waals surface area contributed by atoms with Crippen molar-refractivity contribution in [2.24, 2.45) is 17.8 Å². The van der Waals surface area contributed by atoms with E-state index in [1.807, 2.05) is 51.7 Å². The summed E-state index contributed by atoms with van der Waals surface area (Å²) in [5.74, 6) is -2.58. The monoisotopic (exact) mass is 749 g/mol. The minimum atomic E-state index is -1.80. The molecule has 3 rings (SSSR count). The number of hydrogen-bond acceptors (Lipinski definition) is 14. The topological polar surface area (TPSA) is 180 Å². The van der Waals surface area contributed by atoms with Crippen LogP contribution in [0.3, 0.4) is 0 Å². The van der Waals surface area contributed by atoms with E-state index in [2.05, 4.69) is 0 Å². The highest BCUT2D eigenvalue weighted by Gasteiger charge is 2.52. The predicted molar refractivity (Wildman–Crippen MR) is 194 cm³/mol. The first kappa shape index (κ1) is 45.4. The molecule has 18 atom stereocenters. The summed E-state index contributed by atoms with van der Waals surface area (Å²) < 4.78 is 37.5. The first-order chi connectivity index (χ1) is 23.9. The molecule has 0 radical (unpaired) electrons. The Morgan fingerprint density at radius 1 is 0.942 bits per heavy atom. The minimum Gasteiger partial charge on any atom is -0.459 e. The molecular weight excluding hydrogens is 676 g/mol. The summed E-state index contributed by atoms with van der Waals surface area (Å²) >= 11 is 0. The Morgan fingerprint density at radius 3 is 2.12 bits per heavy atom. The van der Waals surface area contributed by atoms with Gasteiger partial charge in [0.25, 0.3) is 0 Å². The molecule has 0 aliphatic carbocycles. The summed E-state index contributed by atoms with van der Waals surface area (Å²) in [5.41, 5.74) is -4.37. The molecule has 0 bridgehead atoms. The fraction of sp³-hybridized carbons (Fsp3) is 0.974. The smallest absolute Gasteiger partial charge is 0.311 e. The minimum absolute atomic E-state index is 0.133. The van der Waals surface area contributed by atoms with Gasteiger partial charge in [-0.1, -0.05) is 20.8 Å². The Balaban J connectivity index is 2.17. The SMILES string of the molecule is CC[C@@H]1OC(=O)[C@H](C)[C@@H](O[C@@H]2C[C@](C)(OC)[C@H](O)[C@@H](C)O2)[C@@H](C)[C@H](O[C@H]2O[C@@H](C)C[C@@H](N(C)C)[C@@H]2O)[C@@](C)(O)C[C@H](C)CN(C)[C@@H](C)[C@@H](O)[C@]1(C)O. The second-order valence-electron chi connectivity index (χ2n) is 17.2. The molecule has 0 unspecified atom stereocenters. The molecule has 3 heterocycles. The number of rotatable bonds is 7. The third-order valence-electron chi connectivity index (χ3n) is 12.2. The zero-order valence-electron chi connectivity index (χ0n) is 34.2. The van der Waals surface area contributed by atoms with Gasteiger partial charge in [-0.05, 0) is 94.8 Å². The molecule has 3 aliphatic heterocycles. The highest BCUT2D eigenvalue weighted by atomic mass is 16.7. The van der Waals surface area contributed by atoms with Crippen LogP contribution in [0, 0.1) is 17.8 Å². The van der Waals surface area contributed by atoms with Crippen LogP contribution in [-0.4, -0.2) is 166 Å². The van der Waals surface area contributed by atoms with Gasteiger partial charge in [0.15, 0.2) is 12.6 Å². The summed E-state index contributed by atoms with van der Waals surface area (Å²) in [6.45, 7) is 18.0. The first-order valence-corrected chi connectivity index (χ1v) is 19.1. The molecule has 14 heteroatoms. The normalized spacial score (nSPS) is 49.6. The maximum absolute atomic E-state index is 14.2. The molecule has 14 nitrogen and oxygen atoms in total. The number of hydrogen-bond donors (Lipinski definition) is 5. The molecule has 0 saturated carbocycles. The van der Waals surface area contributed by atoms with Crippen LogP contribution in [0.1, 0.15) is 94.9 Å². The Morgan fingerprint density at radius 2 is 1.56 bits per heavy atom. The third-order valence-corrected chi connectivity index (χ3v) is 12.2. The van der Waals surface area contributed by atoms with Crippen molar-refractivity contribution in [3.8, 4) is 0 Å². The number of nitrogens with zero attached hydrogens (tertiary/aromatic N) is 2. The van der Waals surface area contributed by atoms with E-state index in [0.29, 0.717) is 13.0 Å². The van der Waals surface area contributed by atoms with Gasteiger partial charge in [-0.15, -0.1) is 0 Å². The van der Waals surface area contributed by atoms with Crippen LogP contribution in [0.25, 0.3) is 0 Å². The van der Waals surface area contributed by atoms with E-state index in [0.717, 1.165) is 0 Å². The number of carbonyl (C=O) groups excluding carboxylic acids is 1. The molecule has 0 spiro atoms. The van der Waals surface area contributed by atoms with Gasteiger partial charge in [-0.25, -0.2) is 0 Å². The van der Waals surface area contributed by atoms with E-state index in [4.69, 9.17) is 28.4 Å². The van der Waals surface area contributed by atoms with E-state index < -0.39 is 96.0 Å². The molecule has 5 N–H and O–H groups in total. The van der Waals surface area contributed by atoms with Crippen molar-refractivity contribution in [1.82, 2.24) is 9.80 Å². The van der Waals surface area contributed by atoms with E-state index in [1.54, 1.807) is 41.5 Å². The number of aliphatic hydroxyl groups is 5. The molecule has 3 saturated heterocycles. The number of esters is 1. The van der Waals surface area contributed by atoms with Crippen LogP contribution in [0.2, 0.25) is 0 Å². The van der Waals surface area contributed by atoms with Gasteiger partial charge >= 0.3 is 5.97 Å². The van der Waals surface area contributed by atoms with Crippen molar-refractivity contribution >= 4 is 5.97 Å². The van der Waals surface area contributed by atoms with Crippen molar-refractivity contribution in [2.75, 3.05) is 34.8 Å². The zero-order chi connectivity index (χ0) is 39.7. The summed E-state index contributed by atoms with van der Waals surface area (Å²) in [4.78, 5) is 18.0. The molecule has 0 aromatic rings. The highest BCUT2D eigenvalue weighted by Crippen LogP contribution is 2.40. The van der Waals surface area contributed by atoms with Crippen molar-refractivity contribution in [3.05, 3.63) is 0 Å². The maximum Gasteiger partial charge on any atom is 0.311 e. The van der Waals surface area contributed by atoms with Crippen LogP contribution in [0.4, 0.5) is 0 Å². The second kappa shape index (κ2) is 17.8. The van der Waals surface area contributed by atoms with E-state index in [1.165, 1.54) is 14.0 Å². The van der Waals surface area contributed by atoms with E-state index in [9.17, 15) is 30.3 Å². The summed E-state index contributed by atoms with van der Waals surface area (Å²) in [6.07, 6.45) is -8.19. The molecule has 3 fully saturated rings. The highest BCUT2D eigenvalue weighted by molar-refractivity contribution is 5.73. The molecule has 306 valence electrons. The quantitative estimate of drug-likeness (QED) is 0.238. The van der Waals surface area contributed by atoms with Gasteiger partial charge < -0.3 is 63.8 Å². The van der Waals surface area contributed by atoms with Crippen molar-refractivity contribution in [1.29, 1.82) is 0 Å². The molecular formula is C38H72N2O12. The number of cyclic esters (lactones) is 1. The lowest BCUT2D eigenvalue weighted by atomic mass is 9.77. The Hall–Kier alpha value is -1.01. The average molecular weight is 749 g/mol. The second-order valence-corrected chi connectivity index (χ2v) is 17.2. The number of carbonyl (C=O) groups is 1. The molecule has 0 aromatic heterocycles. The van der Waals surface area contributed by atoms with Gasteiger partial charge in [0, 0.05) is 38.1 Å². The lowest BCUT2D eigenvalue weighted by Crippen LogP contribution is -2.60. The number of likely N-dealkylation sites (N-methyl/N-ethyl adjacent to an activating group) is 2. The molecule has 0 amide bonds. The van der Waals surface area contributed by atoms with Crippen LogP contribution in [-0.2, 0) is 33.2 Å². The number of aliphatic hydroxyl groups excluding tert-OH is 3. The van der Waals surface area contributed by atoms with Gasteiger partial charge in [0.2, 0.25) is 0 Å². The first-order valence-electron chi connectivity index (χ1n) is 19.1. The van der Waals surface area contributed by atoms with Gasteiger partial charge in [0.05, 0.1) is 41.5 Å².